The first-order chi connectivity index (χ1) is 5.38. The molecule has 0 aromatic rings. The predicted molar refractivity (Wildman–Crippen MR) is 36.8 cm³/mol. The van der Waals surface area contributed by atoms with Gasteiger partial charge < -0.3 is 4.74 Å². The van der Waals surface area contributed by atoms with Gasteiger partial charge in [0.15, 0.2) is 0 Å². The minimum atomic E-state index is -4.77. The number of hydrogen-bond acceptors (Lipinski definition) is 2. The van der Waals surface area contributed by atoms with Crippen LogP contribution in [0.2, 0.25) is 0 Å². The molecule has 0 saturated carbocycles. The summed E-state index contributed by atoms with van der Waals surface area (Å²) in [6.07, 6.45) is -4.49. The average molecular weight is 184 g/mol. The first-order valence-electron chi connectivity index (χ1n) is 3.59. The van der Waals surface area contributed by atoms with Gasteiger partial charge in [0.05, 0.1) is 6.10 Å². The van der Waals surface area contributed by atoms with Gasteiger partial charge in [-0.05, 0) is 13.3 Å². The van der Waals surface area contributed by atoms with Crippen LogP contribution in [-0.4, -0.2) is 24.7 Å². The molecule has 1 unspecified atom stereocenters. The molecule has 0 spiro atoms. The second-order valence-corrected chi connectivity index (χ2v) is 2.45. The summed E-state index contributed by atoms with van der Waals surface area (Å²) in [7, 11) is 0. The summed E-state index contributed by atoms with van der Waals surface area (Å²) in [6, 6.07) is 0. The van der Waals surface area contributed by atoms with E-state index < -0.39 is 18.6 Å². The normalized spacial score (nSPS) is 14.4. The third-order valence-corrected chi connectivity index (χ3v) is 1.39. The van der Waals surface area contributed by atoms with Crippen molar-refractivity contribution < 1.29 is 22.7 Å². The first-order valence-corrected chi connectivity index (χ1v) is 3.59. The van der Waals surface area contributed by atoms with Crippen LogP contribution in [0.1, 0.15) is 20.3 Å². The summed E-state index contributed by atoms with van der Waals surface area (Å²) in [5.41, 5.74) is 0. The van der Waals surface area contributed by atoms with Crippen molar-refractivity contribution in [2.75, 3.05) is 6.61 Å². The fourth-order valence-electron chi connectivity index (χ4n) is 0.418. The Kier molecular flexibility index (Phi) is 4.23. The van der Waals surface area contributed by atoms with Gasteiger partial charge >= 0.3 is 6.18 Å². The minimum Gasteiger partial charge on any atom is -0.370 e. The Morgan fingerprint density at radius 2 is 2.00 bits per heavy atom. The van der Waals surface area contributed by atoms with Gasteiger partial charge in [-0.25, -0.2) is 0 Å². The van der Waals surface area contributed by atoms with Gasteiger partial charge in [-0.3, -0.25) is 4.79 Å². The molecule has 1 atom stereocenters. The van der Waals surface area contributed by atoms with Gasteiger partial charge in [-0.2, -0.15) is 13.2 Å². The second-order valence-electron chi connectivity index (χ2n) is 2.45. The Morgan fingerprint density at radius 3 is 2.33 bits per heavy atom. The lowest BCUT2D eigenvalue weighted by Crippen LogP contribution is -2.28. The van der Waals surface area contributed by atoms with Crippen LogP contribution in [-0.2, 0) is 9.53 Å². The molecule has 0 aromatic heterocycles. The molecule has 0 rings (SSSR count). The predicted octanol–water partition coefficient (Wildman–Crippen LogP) is 1.93. The monoisotopic (exact) mass is 184 g/mol. The van der Waals surface area contributed by atoms with Crippen LogP contribution in [0.4, 0.5) is 13.2 Å². The third kappa shape index (κ3) is 4.33. The van der Waals surface area contributed by atoms with Crippen molar-refractivity contribution in [3.05, 3.63) is 0 Å². The van der Waals surface area contributed by atoms with E-state index in [0.29, 0.717) is 6.42 Å². The summed E-state index contributed by atoms with van der Waals surface area (Å²) in [5.74, 6) is -1.83. The lowest BCUT2D eigenvalue weighted by Gasteiger charge is -2.10. The van der Waals surface area contributed by atoms with Gasteiger partial charge in [0, 0.05) is 0 Å². The van der Waals surface area contributed by atoms with Crippen molar-refractivity contribution in [3.8, 4) is 0 Å². The van der Waals surface area contributed by atoms with Crippen LogP contribution in [0.3, 0.4) is 0 Å². The highest BCUT2D eigenvalue weighted by Gasteiger charge is 2.38. The van der Waals surface area contributed by atoms with E-state index in [1.807, 2.05) is 0 Å². The van der Waals surface area contributed by atoms with Crippen molar-refractivity contribution >= 4 is 5.78 Å². The van der Waals surface area contributed by atoms with Crippen LogP contribution in [0.25, 0.3) is 0 Å². The minimum absolute atomic E-state index is 0.309. The summed E-state index contributed by atoms with van der Waals surface area (Å²) in [5, 5.41) is 0. The number of Topliss-reactive ketones (excluding diaryl/α,β-unsaturated/α-hetero) is 1. The molecular weight excluding hydrogens is 173 g/mol. The molecule has 0 aliphatic heterocycles. The Labute approximate surface area is 68.7 Å². The smallest absolute Gasteiger partial charge is 0.370 e. The molecule has 72 valence electrons. The Balaban J connectivity index is 3.73. The molecule has 5 heteroatoms. The molecule has 0 radical (unpaired) electrons. The van der Waals surface area contributed by atoms with E-state index in [1.54, 1.807) is 13.8 Å². The number of alkyl halides is 3. The highest BCUT2D eigenvalue weighted by molar-refractivity contribution is 5.85. The van der Waals surface area contributed by atoms with Crippen LogP contribution >= 0.6 is 0 Å². The van der Waals surface area contributed by atoms with Crippen molar-refractivity contribution in [3.63, 3.8) is 0 Å². The molecule has 0 aliphatic rings. The number of halogens is 3. The van der Waals surface area contributed by atoms with Crippen molar-refractivity contribution in [2.45, 2.75) is 32.5 Å². The number of carbonyl (C=O) groups is 1. The molecule has 0 aromatic carbocycles. The Hall–Kier alpha value is -0.580. The zero-order chi connectivity index (χ0) is 9.78. The highest BCUT2D eigenvalue weighted by atomic mass is 19.4. The molecule has 0 amide bonds. The van der Waals surface area contributed by atoms with E-state index in [4.69, 9.17) is 0 Å². The Bertz CT molecular complexity index is 153. The topological polar surface area (TPSA) is 26.3 Å². The van der Waals surface area contributed by atoms with E-state index in [-0.39, 0.29) is 6.10 Å². The molecular formula is C7H11F3O2. The fourth-order valence-corrected chi connectivity index (χ4v) is 0.418. The van der Waals surface area contributed by atoms with Crippen LogP contribution in [0.15, 0.2) is 0 Å². The van der Waals surface area contributed by atoms with Crippen LogP contribution in [0, 0.1) is 0 Å². The molecule has 2 nitrogen and oxygen atoms in total. The molecule has 0 fully saturated rings. The number of hydrogen-bond donors (Lipinski definition) is 0. The first kappa shape index (κ1) is 11.4. The quantitative estimate of drug-likeness (QED) is 0.667. The van der Waals surface area contributed by atoms with Gasteiger partial charge in [0.1, 0.15) is 6.61 Å². The zero-order valence-electron chi connectivity index (χ0n) is 6.94. The molecule has 0 heterocycles. The van der Waals surface area contributed by atoms with Crippen LogP contribution < -0.4 is 0 Å². The molecule has 0 aliphatic carbocycles. The largest absolute Gasteiger partial charge is 0.452 e. The third-order valence-electron chi connectivity index (χ3n) is 1.39. The van der Waals surface area contributed by atoms with Gasteiger partial charge in [-0.15, -0.1) is 0 Å². The fraction of sp³-hybridized carbons (Fsp3) is 0.857. The van der Waals surface area contributed by atoms with Gasteiger partial charge in [0.2, 0.25) is 0 Å². The van der Waals surface area contributed by atoms with E-state index >= 15 is 0 Å². The van der Waals surface area contributed by atoms with Crippen molar-refractivity contribution in [1.29, 1.82) is 0 Å². The highest BCUT2D eigenvalue weighted by Crippen LogP contribution is 2.16. The number of ether oxygens (including phenoxy) is 1. The number of rotatable bonds is 4. The molecule has 0 saturated heterocycles. The lowest BCUT2D eigenvalue weighted by atomic mass is 10.3. The number of ketones is 1. The van der Waals surface area contributed by atoms with Crippen LogP contribution in [0.5, 0.6) is 0 Å². The molecule has 12 heavy (non-hydrogen) atoms. The van der Waals surface area contributed by atoms with E-state index in [2.05, 4.69) is 4.74 Å². The van der Waals surface area contributed by atoms with Crippen molar-refractivity contribution in [2.24, 2.45) is 0 Å². The van der Waals surface area contributed by atoms with E-state index in [1.165, 1.54) is 0 Å². The summed E-state index contributed by atoms with van der Waals surface area (Å²) in [4.78, 5) is 10.2. The van der Waals surface area contributed by atoms with E-state index in [0.717, 1.165) is 0 Å². The second kappa shape index (κ2) is 4.45. The summed E-state index contributed by atoms with van der Waals surface area (Å²) < 4.78 is 39.3. The Morgan fingerprint density at radius 1 is 1.50 bits per heavy atom. The zero-order valence-corrected chi connectivity index (χ0v) is 6.94. The maximum atomic E-state index is 11.6. The molecule has 0 bridgehead atoms. The summed E-state index contributed by atoms with van der Waals surface area (Å²) >= 11 is 0. The maximum absolute atomic E-state index is 11.6. The maximum Gasteiger partial charge on any atom is 0.452 e. The standard InChI is InChI=1S/C7H11F3O2/c1-3-5(2)12-4-6(11)7(8,9)10/h5H,3-4H2,1-2H3. The van der Waals surface area contributed by atoms with E-state index in [9.17, 15) is 18.0 Å². The SMILES string of the molecule is CCC(C)OCC(=O)C(F)(F)F. The summed E-state index contributed by atoms with van der Waals surface area (Å²) in [6.45, 7) is 2.50. The average Bonchev–Trinajstić information content (AvgIpc) is 1.97. The van der Waals surface area contributed by atoms with Gasteiger partial charge in [-0.1, -0.05) is 6.92 Å². The number of carbonyl (C=O) groups excluding carboxylic acids is 1. The van der Waals surface area contributed by atoms with Crippen molar-refractivity contribution in [1.82, 2.24) is 0 Å². The lowest BCUT2D eigenvalue weighted by molar-refractivity contribution is -0.176. The van der Waals surface area contributed by atoms with Gasteiger partial charge in [0.25, 0.3) is 5.78 Å². The molecule has 0 N–H and O–H groups in total.